The fraction of sp³-hybridized carbons (Fsp3) is 0.474. The smallest absolute Gasteiger partial charge is 0.240 e. The van der Waals surface area contributed by atoms with Crippen LogP contribution in [0.3, 0.4) is 0 Å². The third-order valence-corrected chi connectivity index (χ3v) is 5.76. The lowest BCUT2D eigenvalue weighted by atomic mass is 9.86. The van der Waals surface area contributed by atoms with E-state index in [0.717, 1.165) is 41.3 Å². The first-order chi connectivity index (χ1) is 13.5. The Kier molecular flexibility index (Phi) is 4.76. The molecule has 148 valence electrons. The summed E-state index contributed by atoms with van der Waals surface area (Å²) in [6.07, 6.45) is 4.85. The average Bonchev–Trinajstić information content (AvgIpc) is 3.32. The van der Waals surface area contributed by atoms with Gasteiger partial charge in [0, 0.05) is 32.0 Å². The van der Waals surface area contributed by atoms with Gasteiger partial charge in [-0.2, -0.15) is 5.10 Å². The first kappa shape index (κ1) is 18.4. The molecule has 1 saturated heterocycles. The summed E-state index contributed by atoms with van der Waals surface area (Å²) in [7, 11) is 3.76. The maximum absolute atomic E-state index is 13.0. The molecule has 3 aromatic rings. The highest BCUT2D eigenvalue weighted by Gasteiger charge is 2.40. The summed E-state index contributed by atoms with van der Waals surface area (Å²) in [4.78, 5) is 27.0. The second-order valence-corrected chi connectivity index (χ2v) is 7.34. The van der Waals surface area contributed by atoms with Crippen molar-refractivity contribution >= 4 is 22.8 Å². The lowest BCUT2D eigenvalue weighted by Gasteiger charge is -2.41. The minimum atomic E-state index is -0.579. The van der Waals surface area contributed by atoms with E-state index in [2.05, 4.69) is 35.6 Å². The van der Waals surface area contributed by atoms with Crippen LogP contribution in [0.15, 0.2) is 24.7 Å². The molecule has 0 unspecified atom stereocenters. The summed E-state index contributed by atoms with van der Waals surface area (Å²) in [6, 6.07) is 3.98. The predicted molar refractivity (Wildman–Crippen MR) is 107 cm³/mol. The fourth-order valence-electron chi connectivity index (χ4n) is 3.86. The van der Waals surface area contributed by atoms with Gasteiger partial charge in [-0.1, -0.05) is 0 Å². The summed E-state index contributed by atoms with van der Waals surface area (Å²) in [5.41, 5.74) is 2.19. The van der Waals surface area contributed by atoms with Crippen LogP contribution in [0.2, 0.25) is 0 Å². The van der Waals surface area contributed by atoms with Gasteiger partial charge in [-0.05, 0) is 38.9 Å². The zero-order chi connectivity index (χ0) is 19.7. The molecule has 1 fully saturated rings. The van der Waals surface area contributed by atoms with Gasteiger partial charge in [0.1, 0.15) is 23.3 Å². The molecule has 1 aliphatic rings. The second-order valence-electron chi connectivity index (χ2n) is 7.34. The Morgan fingerprint density at radius 3 is 2.79 bits per heavy atom. The zero-order valence-corrected chi connectivity index (χ0v) is 16.5. The van der Waals surface area contributed by atoms with E-state index in [1.54, 1.807) is 6.33 Å². The summed E-state index contributed by atoms with van der Waals surface area (Å²) < 4.78 is 1.82. The van der Waals surface area contributed by atoms with Crippen molar-refractivity contribution in [1.82, 2.24) is 35.4 Å². The van der Waals surface area contributed by atoms with Crippen LogP contribution in [0, 0.1) is 6.92 Å². The molecule has 0 saturated carbocycles. The van der Waals surface area contributed by atoms with E-state index in [4.69, 9.17) is 0 Å². The highest BCUT2D eigenvalue weighted by Crippen LogP contribution is 2.29. The van der Waals surface area contributed by atoms with E-state index >= 15 is 0 Å². The van der Waals surface area contributed by atoms with E-state index in [1.165, 1.54) is 0 Å². The van der Waals surface area contributed by atoms with Crippen LogP contribution in [-0.2, 0) is 18.4 Å². The van der Waals surface area contributed by atoms with Crippen LogP contribution < -0.4 is 15.5 Å². The molecule has 0 bridgehead atoms. The molecule has 0 radical (unpaired) electrons. The van der Waals surface area contributed by atoms with Gasteiger partial charge in [0.2, 0.25) is 5.91 Å². The van der Waals surface area contributed by atoms with Crippen molar-refractivity contribution in [1.29, 1.82) is 0 Å². The number of anilines is 1. The van der Waals surface area contributed by atoms with Crippen molar-refractivity contribution in [2.45, 2.75) is 31.8 Å². The number of aromatic amines is 1. The quantitative estimate of drug-likeness (QED) is 0.605. The number of amides is 1. The number of H-pyrrole nitrogens is 1. The zero-order valence-electron chi connectivity index (χ0n) is 16.5. The van der Waals surface area contributed by atoms with Crippen molar-refractivity contribution in [3.63, 3.8) is 0 Å². The maximum atomic E-state index is 13.0. The summed E-state index contributed by atoms with van der Waals surface area (Å²) in [5, 5.41) is 11.7. The van der Waals surface area contributed by atoms with E-state index in [9.17, 15) is 4.79 Å². The largest absolute Gasteiger partial charge is 0.356 e. The highest BCUT2D eigenvalue weighted by atomic mass is 16.2. The molecule has 1 aliphatic heterocycles. The van der Waals surface area contributed by atoms with Gasteiger partial charge in [-0.15, -0.1) is 0 Å². The lowest BCUT2D eigenvalue weighted by Crippen LogP contribution is -2.61. The van der Waals surface area contributed by atoms with Crippen molar-refractivity contribution < 1.29 is 4.79 Å². The number of likely N-dealkylation sites (N-methyl/N-ethyl adjacent to an activating group) is 1. The van der Waals surface area contributed by atoms with Gasteiger partial charge in [-0.3, -0.25) is 9.48 Å². The van der Waals surface area contributed by atoms with Crippen molar-refractivity contribution in [2.75, 3.05) is 25.0 Å². The van der Waals surface area contributed by atoms with Crippen LogP contribution in [0.25, 0.3) is 11.0 Å². The van der Waals surface area contributed by atoms with Gasteiger partial charge in [0.15, 0.2) is 0 Å². The molecule has 9 heteroatoms. The first-order valence-corrected chi connectivity index (χ1v) is 9.52. The second kappa shape index (κ2) is 7.23. The van der Waals surface area contributed by atoms with E-state index in [1.807, 2.05) is 44.0 Å². The number of piperidine rings is 1. The Hall–Kier alpha value is -2.94. The average molecular weight is 382 g/mol. The van der Waals surface area contributed by atoms with Gasteiger partial charge in [0.25, 0.3) is 0 Å². The van der Waals surface area contributed by atoms with Crippen LogP contribution in [0.1, 0.15) is 24.2 Å². The monoisotopic (exact) mass is 382 g/mol. The first-order valence-electron chi connectivity index (χ1n) is 9.52. The number of carbonyl (C=O) groups excluding carboxylic acids is 1. The van der Waals surface area contributed by atoms with E-state index < -0.39 is 5.54 Å². The van der Waals surface area contributed by atoms with Gasteiger partial charge >= 0.3 is 0 Å². The number of nitrogens with one attached hydrogen (secondary N) is 3. The summed E-state index contributed by atoms with van der Waals surface area (Å²) in [5.74, 6) is 0.938. The highest BCUT2D eigenvalue weighted by molar-refractivity contribution is 5.89. The molecule has 0 atom stereocenters. The van der Waals surface area contributed by atoms with Crippen LogP contribution in [0.5, 0.6) is 0 Å². The predicted octanol–water partition coefficient (Wildman–Crippen LogP) is 0.875. The molecule has 9 nitrogen and oxygen atoms in total. The van der Waals surface area contributed by atoms with Gasteiger partial charge < -0.3 is 20.5 Å². The van der Waals surface area contributed by atoms with Crippen molar-refractivity contribution in [3.05, 3.63) is 36.0 Å². The number of hydrogen-bond donors (Lipinski definition) is 3. The van der Waals surface area contributed by atoms with E-state index in [-0.39, 0.29) is 5.91 Å². The molecular weight excluding hydrogens is 356 g/mol. The Morgan fingerprint density at radius 1 is 1.32 bits per heavy atom. The minimum absolute atomic E-state index is 0.0208. The van der Waals surface area contributed by atoms with Crippen LogP contribution >= 0.6 is 0 Å². The molecule has 4 heterocycles. The Bertz CT molecular complexity index is 963. The molecule has 0 aliphatic carbocycles. The standard InChI is InChI=1S/C19H26N8O/c1-13-10-14(25-26(13)3)11-22-18(28)19(20-2)5-8-27(9-6-19)17-15-4-7-21-16(15)23-12-24-17/h4,7,10,12,20H,5-6,8-9,11H2,1-3H3,(H,22,28)(H,21,23,24). The number of aryl methyl sites for hydroxylation is 2. The van der Waals surface area contributed by atoms with Crippen molar-refractivity contribution in [3.8, 4) is 0 Å². The molecule has 28 heavy (non-hydrogen) atoms. The molecule has 3 aromatic heterocycles. The maximum Gasteiger partial charge on any atom is 0.240 e. The van der Waals surface area contributed by atoms with Gasteiger partial charge in [-0.25, -0.2) is 9.97 Å². The number of aromatic nitrogens is 5. The number of hydrogen-bond acceptors (Lipinski definition) is 6. The molecule has 3 N–H and O–H groups in total. The molecule has 0 spiro atoms. The minimum Gasteiger partial charge on any atom is -0.356 e. The molecular formula is C19H26N8O. The molecule has 0 aromatic carbocycles. The number of rotatable bonds is 5. The molecule has 1 amide bonds. The normalized spacial score (nSPS) is 16.5. The summed E-state index contributed by atoms with van der Waals surface area (Å²) >= 11 is 0. The third kappa shape index (κ3) is 3.22. The number of fused-ring (bicyclic) bond motifs is 1. The van der Waals surface area contributed by atoms with Crippen molar-refractivity contribution in [2.24, 2.45) is 7.05 Å². The molecule has 4 rings (SSSR count). The lowest BCUT2D eigenvalue weighted by molar-refractivity contribution is -0.128. The van der Waals surface area contributed by atoms with Crippen LogP contribution in [0.4, 0.5) is 5.82 Å². The Labute approximate surface area is 163 Å². The third-order valence-electron chi connectivity index (χ3n) is 5.76. The number of nitrogens with zero attached hydrogens (tertiary/aromatic N) is 5. The number of carbonyl (C=O) groups is 1. The van der Waals surface area contributed by atoms with Gasteiger partial charge in [0.05, 0.1) is 17.6 Å². The fourth-order valence-corrected chi connectivity index (χ4v) is 3.86. The SMILES string of the molecule is CNC1(C(=O)NCc2cc(C)n(C)n2)CCN(c2ncnc3[nH]ccc23)CC1. The Morgan fingerprint density at radius 2 is 2.11 bits per heavy atom. The Balaban J connectivity index is 1.43. The van der Waals surface area contributed by atoms with Crippen LogP contribution in [-0.4, -0.2) is 56.3 Å². The summed E-state index contributed by atoms with van der Waals surface area (Å²) in [6.45, 7) is 3.92. The van der Waals surface area contributed by atoms with E-state index in [0.29, 0.717) is 19.4 Å². The topological polar surface area (TPSA) is 104 Å².